The summed E-state index contributed by atoms with van der Waals surface area (Å²) < 4.78 is 7.22. The van der Waals surface area contributed by atoms with Crippen LogP contribution in [0.15, 0.2) is 29.1 Å². The first-order chi connectivity index (χ1) is 10.6. The standard InChI is InChI=1S/C16H17N3O2S/c1-4-13-18-19-14(20)8-12(17-16(19)22-13)9-21-15-10(2)6-5-7-11(15)3/h5-8H,4,9H2,1-3H3. The minimum Gasteiger partial charge on any atom is -0.487 e. The van der Waals surface area contributed by atoms with Crippen molar-refractivity contribution in [3.63, 3.8) is 0 Å². The zero-order valence-electron chi connectivity index (χ0n) is 12.8. The number of fused-ring (bicyclic) bond motifs is 1. The summed E-state index contributed by atoms with van der Waals surface area (Å²) in [5.74, 6) is 0.850. The van der Waals surface area contributed by atoms with Gasteiger partial charge in [0, 0.05) is 6.07 Å². The predicted octanol–water partition coefficient (Wildman–Crippen LogP) is 2.91. The fraction of sp³-hybridized carbons (Fsp3) is 0.312. The molecular weight excluding hydrogens is 298 g/mol. The van der Waals surface area contributed by atoms with Crippen LogP contribution in [0.5, 0.6) is 5.75 Å². The van der Waals surface area contributed by atoms with E-state index in [4.69, 9.17) is 4.74 Å². The number of para-hydroxylation sites is 1. The highest BCUT2D eigenvalue weighted by atomic mass is 32.1. The van der Waals surface area contributed by atoms with Crippen molar-refractivity contribution in [2.24, 2.45) is 0 Å². The van der Waals surface area contributed by atoms with Gasteiger partial charge in [-0.3, -0.25) is 4.79 Å². The van der Waals surface area contributed by atoms with Gasteiger partial charge >= 0.3 is 0 Å². The minimum atomic E-state index is -0.166. The van der Waals surface area contributed by atoms with Crippen LogP contribution in [0.2, 0.25) is 0 Å². The van der Waals surface area contributed by atoms with Crippen LogP contribution in [-0.2, 0) is 13.0 Å². The molecule has 1 aromatic carbocycles. The molecule has 114 valence electrons. The van der Waals surface area contributed by atoms with Gasteiger partial charge in [-0.2, -0.15) is 9.61 Å². The van der Waals surface area contributed by atoms with E-state index in [1.54, 1.807) is 0 Å². The highest BCUT2D eigenvalue weighted by Crippen LogP contribution is 2.23. The van der Waals surface area contributed by atoms with Gasteiger partial charge in [0.1, 0.15) is 17.4 Å². The lowest BCUT2D eigenvalue weighted by Crippen LogP contribution is -2.16. The predicted molar refractivity (Wildman–Crippen MR) is 86.8 cm³/mol. The number of hydrogen-bond donors (Lipinski definition) is 0. The molecule has 0 aliphatic carbocycles. The van der Waals surface area contributed by atoms with Crippen LogP contribution in [0, 0.1) is 13.8 Å². The average Bonchev–Trinajstić information content (AvgIpc) is 2.90. The number of hydrogen-bond acceptors (Lipinski definition) is 5. The van der Waals surface area contributed by atoms with Crippen molar-refractivity contribution < 1.29 is 4.74 Å². The Morgan fingerprint density at radius 3 is 2.68 bits per heavy atom. The molecule has 2 heterocycles. The van der Waals surface area contributed by atoms with Crippen LogP contribution >= 0.6 is 11.3 Å². The van der Waals surface area contributed by atoms with Crippen molar-refractivity contribution in [1.29, 1.82) is 0 Å². The third-order valence-corrected chi connectivity index (χ3v) is 4.47. The first-order valence-electron chi connectivity index (χ1n) is 7.16. The Morgan fingerprint density at radius 2 is 2.00 bits per heavy atom. The molecule has 3 rings (SSSR count). The molecule has 2 aromatic heterocycles. The molecule has 5 nitrogen and oxygen atoms in total. The van der Waals surface area contributed by atoms with Crippen molar-refractivity contribution in [2.75, 3.05) is 0 Å². The highest BCUT2D eigenvalue weighted by Gasteiger charge is 2.09. The molecule has 3 aromatic rings. The Morgan fingerprint density at radius 1 is 1.27 bits per heavy atom. The van der Waals surface area contributed by atoms with Crippen LogP contribution in [0.4, 0.5) is 0 Å². The third kappa shape index (κ3) is 2.74. The van der Waals surface area contributed by atoms with Gasteiger partial charge in [-0.15, -0.1) is 0 Å². The van der Waals surface area contributed by atoms with Gasteiger partial charge in [0.25, 0.3) is 5.56 Å². The summed E-state index contributed by atoms with van der Waals surface area (Å²) in [6.45, 7) is 6.29. The Hall–Kier alpha value is -2.21. The molecule has 6 heteroatoms. The largest absolute Gasteiger partial charge is 0.487 e. The number of aryl methyl sites for hydroxylation is 3. The fourth-order valence-corrected chi connectivity index (χ4v) is 3.14. The molecule has 0 N–H and O–H groups in total. The van der Waals surface area contributed by atoms with Gasteiger partial charge in [0.15, 0.2) is 0 Å². The van der Waals surface area contributed by atoms with Crippen LogP contribution in [0.3, 0.4) is 0 Å². The quantitative estimate of drug-likeness (QED) is 0.743. The van der Waals surface area contributed by atoms with Gasteiger partial charge in [-0.05, 0) is 31.4 Å². The number of rotatable bonds is 4. The van der Waals surface area contributed by atoms with E-state index in [1.165, 1.54) is 21.9 Å². The topological polar surface area (TPSA) is 56.5 Å². The van der Waals surface area contributed by atoms with Crippen LogP contribution in [0.25, 0.3) is 4.96 Å². The van der Waals surface area contributed by atoms with E-state index in [-0.39, 0.29) is 12.2 Å². The lowest BCUT2D eigenvalue weighted by Gasteiger charge is -2.11. The summed E-state index contributed by atoms with van der Waals surface area (Å²) in [6, 6.07) is 7.49. The zero-order valence-corrected chi connectivity index (χ0v) is 13.6. The molecule has 0 saturated carbocycles. The number of ether oxygens (including phenoxy) is 1. The van der Waals surface area contributed by atoms with E-state index >= 15 is 0 Å². The molecule has 0 radical (unpaired) electrons. The van der Waals surface area contributed by atoms with Gasteiger partial charge in [0.05, 0.1) is 5.69 Å². The summed E-state index contributed by atoms with van der Waals surface area (Å²) in [7, 11) is 0. The SMILES string of the molecule is CCc1nn2c(=O)cc(COc3c(C)cccc3C)nc2s1. The van der Waals surface area contributed by atoms with Crippen LogP contribution < -0.4 is 10.3 Å². The maximum atomic E-state index is 12.1. The maximum absolute atomic E-state index is 12.1. The first-order valence-corrected chi connectivity index (χ1v) is 7.98. The normalized spacial score (nSPS) is 11.0. The second-order valence-electron chi connectivity index (χ2n) is 5.14. The molecule has 0 saturated heterocycles. The third-order valence-electron chi connectivity index (χ3n) is 3.42. The summed E-state index contributed by atoms with van der Waals surface area (Å²) in [5, 5.41) is 5.14. The highest BCUT2D eigenvalue weighted by molar-refractivity contribution is 7.16. The summed E-state index contributed by atoms with van der Waals surface area (Å²) in [4.78, 5) is 17.2. The van der Waals surface area contributed by atoms with E-state index < -0.39 is 0 Å². The molecule has 0 amide bonds. The molecule has 0 aliphatic rings. The smallest absolute Gasteiger partial charge is 0.275 e. The van der Waals surface area contributed by atoms with Crippen LogP contribution in [0.1, 0.15) is 28.8 Å². The molecule has 0 aliphatic heterocycles. The van der Waals surface area contributed by atoms with Gasteiger partial charge < -0.3 is 4.74 Å². The zero-order chi connectivity index (χ0) is 15.7. The second kappa shape index (κ2) is 5.88. The lowest BCUT2D eigenvalue weighted by atomic mass is 10.1. The number of aromatic nitrogens is 3. The molecule has 0 unspecified atom stereocenters. The second-order valence-corrected chi connectivity index (χ2v) is 6.18. The minimum absolute atomic E-state index is 0.166. The maximum Gasteiger partial charge on any atom is 0.275 e. The molecular formula is C16H17N3O2S. The molecule has 0 atom stereocenters. The Balaban J connectivity index is 1.89. The van der Waals surface area contributed by atoms with Crippen molar-refractivity contribution >= 4 is 16.3 Å². The molecule has 0 bridgehead atoms. The van der Waals surface area contributed by atoms with E-state index in [9.17, 15) is 4.79 Å². The summed E-state index contributed by atoms with van der Waals surface area (Å²) >= 11 is 1.44. The van der Waals surface area contributed by atoms with E-state index in [1.807, 2.05) is 39.0 Å². The lowest BCUT2D eigenvalue weighted by molar-refractivity contribution is 0.297. The summed E-state index contributed by atoms with van der Waals surface area (Å²) in [6.07, 6.45) is 0.793. The average molecular weight is 315 g/mol. The Labute approximate surface area is 132 Å². The Kier molecular flexibility index (Phi) is 3.94. The number of nitrogens with zero attached hydrogens (tertiary/aromatic N) is 3. The number of benzene rings is 1. The van der Waals surface area contributed by atoms with Crippen LogP contribution in [-0.4, -0.2) is 14.6 Å². The molecule has 0 fully saturated rings. The van der Waals surface area contributed by atoms with Crippen molar-refractivity contribution in [1.82, 2.24) is 14.6 Å². The van der Waals surface area contributed by atoms with Crippen molar-refractivity contribution in [3.05, 3.63) is 56.4 Å². The van der Waals surface area contributed by atoms with Gasteiger partial charge in [-0.1, -0.05) is 36.5 Å². The Bertz CT molecular complexity index is 862. The van der Waals surface area contributed by atoms with Crippen molar-refractivity contribution in [2.45, 2.75) is 33.8 Å². The van der Waals surface area contributed by atoms with E-state index in [0.717, 1.165) is 28.3 Å². The first kappa shape index (κ1) is 14.7. The molecule has 0 spiro atoms. The molecule has 22 heavy (non-hydrogen) atoms. The summed E-state index contributed by atoms with van der Waals surface area (Å²) in [5.41, 5.74) is 2.60. The van der Waals surface area contributed by atoms with E-state index in [0.29, 0.717) is 10.7 Å². The monoisotopic (exact) mass is 315 g/mol. The van der Waals surface area contributed by atoms with Gasteiger partial charge in [-0.25, -0.2) is 4.98 Å². The van der Waals surface area contributed by atoms with E-state index in [2.05, 4.69) is 10.1 Å². The van der Waals surface area contributed by atoms with Gasteiger partial charge in [0.2, 0.25) is 4.96 Å². The fourth-order valence-electron chi connectivity index (χ4n) is 2.29. The van der Waals surface area contributed by atoms with Crippen molar-refractivity contribution in [3.8, 4) is 5.75 Å².